The Bertz CT molecular complexity index is 385. The number of nitroso groups, excluding NO2 is 1. The van der Waals surface area contributed by atoms with Crippen LogP contribution in [0.1, 0.15) is 21.5 Å². The maximum atomic E-state index is 11.4. The summed E-state index contributed by atoms with van der Waals surface area (Å²) < 4.78 is 4.61. The van der Waals surface area contributed by atoms with Crippen LogP contribution in [-0.4, -0.2) is 13.1 Å². The Kier molecular flexibility index (Phi) is 2.96. The Morgan fingerprint density at radius 3 is 2.50 bits per heavy atom. The molecule has 0 aromatic heterocycles. The molecule has 0 heterocycles. The lowest BCUT2D eigenvalue weighted by Gasteiger charge is -2.07. The molecule has 4 nitrogen and oxygen atoms in total. The van der Waals surface area contributed by atoms with Crippen LogP contribution < -0.4 is 0 Å². The Balaban J connectivity index is 3.39. The van der Waals surface area contributed by atoms with Gasteiger partial charge in [-0.2, -0.15) is 0 Å². The fourth-order valence-electron chi connectivity index (χ4n) is 1.35. The monoisotopic (exact) mass is 193 g/mol. The van der Waals surface area contributed by atoms with Crippen LogP contribution in [-0.2, 0) is 4.74 Å². The Labute approximate surface area is 81.9 Å². The van der Waals surface area contributed by atoms with Crippen molar-refractivity contribution in [1.82, 2.24) is 0 Å². The van der Waals surface area contributed by atoms with Crippen LogP contribution in [0.4, 0.5) is 5.69 Å². The zero-order valence-corrected chi connectivity index (χ0v) is 8.33. The average Bonchev–Trinajstić information content (AvgIpc) is 2.18. The first-order valence-corrected chi connectivity index (χ1v) is 4.13. The molecular weight excluding hydrogens is 182 g/mol. The molecule has 0 N–H and O–H groups in total. The van der Waals surface area contributed by atoms with Crippen molar-refractivity contribution in [2.24, 2.45) is 5.18 Å². The fraction of sp³-hybridized carbons (Fsp3) is 0.300. The van der Waals surface area contributed by atoms with Crippen molar-refractivity contribution in [3.8, 4) is 0 Å². The number of aryl methyl sites for hydroxylation is 1. The van der Waals surface area contributed by atoms with E-state index in [0.29, 0.717) is 11.1 Å². The van der Waals surface area contributed by atoms with E-state index in [4.69, 9.17) is 0 Å². The number of hydrogen-bond donors (Lipinski definition) is 0. The van der Waals surface area contributed by atoms with Crippen molar-refractivity contribution in [3.05, 3.63) is 33.7 Å². The van der Waals surface area contributed by atoms with Crippen molar-refractivity contribution in [1.29, 1.82) is 0 Å². The smallest absolute Gasteiger partial charge is 0.338 e. The van der Waals surface area contributed by atoms with Crippen LogP contribution in [0.25, 0.3) is 0 Å². The molecule has 0 unspecified atom stereocenters. The van der Waals surface area contributed by atoms with E-state index in [1.54, 1.807) is 26.0 Å². The molecule has 74 valence electrons. The van der Waals surface area contributed by atoms with Gasteiger partial charge in [0.2, 0.25) is 0 Å². The third-order valence-corrected chi connectivity index (χ3v) is 2.13. The van der Waals surface area contributed by atoms with Gasteiger partial charge in [0, 0.05) is 0 Å². The van der Waals surface area contributed by atoms with Crippen LogP contribution in [0.3, 0.4) is 0 Å². The standard InChI is InChI=1S/C10H11NO3/c1-6-4-5-8(11-13)7(2)9(6)10(12)14-3/h4-5H,1-3H3. The van der Waals surface area contributed by atoms with Gasteiger partial charge in [-0.1, -0.05) is 6.07 Å². The Hall–Kier alpha value is -1.71. The minimum atomic E-state index is -0.439. The van der Waals surface area contributed by atoms with E-state index in [2.05, 4.69) is 9.91 Å². The SMILES string of the molecule is COC(=O)c1c(C)ccc(N=O)c1C. The lowest BCUT2D eigenvalue weighted by molar-refractivity contribution is 0.0599. The topological polar surface area (TPSA) is 55.7 Å². The van der Waals surface area contributed by atoms with E-state index in [1.807, 2.05) is 0 Å². The van der Waals surface area contributed by atoms with E-state index < -0.39 is 5.97 Å². The highest BCUT2D eigenvalue weighted by molar-refractivity contribution is 5.94. The number of methoxy groups -OCH3 is 1. The highest BCUT2D eigenvalue weighted by Crippen LogP contribution is 2.25. The van der Waals surface area contributed by atoms with Gasteiger partial charge in [0.25, 0.3) is 0 Å². The number of rotatable bonds is 2. The summed E-state index contributed by atoms with van der Waals surface area (Å²) in [5.74, 6) is -0.439. The third-order valence-electron chi connectivity index (χ3n) is 2.13. The molecule has 0 saturated heterocycles. The zero-order valence-electron chi connectivity index (χ0n) is 8.33. The molecule has 1 aromatic rings. The van der Waals surface area contributed by atoms with E-state index in [9.17, 15) is 9.70 Å². The van der Waals surface area contributed by atoms with Gasteiger partial charge in [-0.25, -0.2) is 4.79 Å². The molecule has 0 aliphatic carbocycles. The molecule has 0 aliphatic heterocycles. The molecule has 0 bridgehead atoms. The highest BCUT2D eigenvalue weighted by Gasteiger charge is 2.15. The van der Waals surface area contributed by atoms with Crippen LogP contribution in [0.15, 0.2) is 17.3 Å². The van der Waals surface area contributed by atoms with Crippen molar-refractivity contribution < 1.29 is 9.53 Å². The average molecular weight is 193 g/mol. The van der Waals surface area contributed by atoms with Gasteiger partial charge >= 0.3 is 5.97 Å². The summed E-state index contributed by atoms with van der Waals surface area (Å²) in [6.45, 7) is 3.46. The second-order valence-electron chi connectivity index (χ2n) is 2.98. The highest BCUT2D eigenvalue weighted by atomic mass is 16.5. The third kappa shape index (κ3) is 1.64. The van der Waals surface area contributed by atoms with Crippen LogP contribution >= 0.6 is 0 Å². The molecule has 0 amide bonds. The Morgan fingerprint density at radius 1 is 1.36 bits per heavy atom. The van der Waals surface area contributed by atoms with Gasteiger partial charge in [0.05, 0.1) is 12.7 Å². The quantitative estimate of drug-likeness (QED) is 0.535. The van der Waals surface area contributed by atoms with Crippen LogP contribution in [0.5, 0.6) is 0 Å². The van der Waals surface area contributed by atoms with Gasteiger partial charge in [-0.15, -0.1) is 4.91 Å². The largest absolute Gasteiger partial charge is 0.465 e. The summed E-state index contributed by atoms with van der Waals surface area (Å²) in [4.78, 5) is 21.8. The molecule has 0 radical (unpaired) electrons. The van der Waals surface area contributed by atoms with Gasteiger partial charge in [0.1, 0.15) is 5.69 Å². The summed E-state index contributed by atoms with van der Waals surface area (Å²) in [5.41, 5.74) is 2.04. The predicted octanol–water partition coefficient (Wildman–Crippen LogP) is 2.49. The molecule has 0 spiro atoms. The number of benzene rings is 1. The van der Waals surface area contributed by atoms with Crippen molar-refractivity contribution in [3.63, 3.8) is 0 Å². The number of ether oxygens (including phenoxy) is 1. The van der Waals surface area contributed by atoms with Gasteiger partial charge in [-0.3, -0.25) is 0 Å². The minimum absolute atomic E-state index is 0.274. The van der Waals surface area contributed by atoms with E-state index in [0.717, 1.165) is 5.56 Å². The van der Waals surface area contributed by atoms with E-state index in [1.165, 1.54) is 7.11 Å². The first-order valence-electron chi connectivity index (χ1n) is 4.13. The first kappa shape index (κ1) is 10.4. The summed E-state index contributed by atoms with van der Waals surface area (Å²) in [6, 6.07) is 3.26. The fourth-order valence-corrected chi connectivity index (χ4v) is 1.35. The number of esters is 1. The molecule has 0 aliphatic rings. The number of carbonyl (C=O) groups is 1. The predicted molar refractivity (Wildman–Crippen MR) is 52.7 cm³/mol. The molecular formula is C10H11NO3. The van der Waals surface area contributed by atoms with Crippen LogP contribution in [0, 0.1) is 18.8 Å². The second kappa shape index (κ2) is 4.00. The summed E-state index contributed by atoms with van der Waals surface area (Å²) >= 11 is 0. The summed E-state index contributed by atoms with van der Waals surface area (Å²) in [5, 5.41) is 2.83. The number of nitrogens with zero attached hydrogens (tertiary/aromatic N) is 1. The zero-order chi connectivity index (χ0) is 10.7. The lowest BCUT2D eigenvalue weighted by atomic mass is 10.0. The minimum Gasteiger partial charge on any atom is -0.465 e. The van der Waals surface area contributed by atoms with Crippen molar-refractivity contribution in [2.75, 3.05) is 7.11 Å². The maximum Gasteiger partial charge on any atom is 0.338 e. The maximum absolute atomic E-state index is 11.4. The number of hydrogen-bond acceptors (Lipinski definition) is 4. The van der Waals surface area contributed by atoms with Crippen molar-refractivity contribution in [2.45, 2.75) is 13.8 Å². The molecule has 14 heavy (non-hydrogen) atoms. The second-order valence-corrected chi connectivity index (χ2v) is 2.98. The summed E-state index contributed by atoms with van der Waals surface area (Å²) in [7, 11) is 1.31. The summed E-state index contributed by atoms with van der Waals surface area (Å²) in [6.07, 6.45) is 0. The van der Waals surface area contributed by atoms with Gasteiger partial charge in [-0.05, 0) is 36.2 Å². The van der Waals surface area contributed by atoms with Gasteiger partial charge < -0.3 is 4.74 Å². The van der Waals surface area contributed by atoms with Gasteiger partial charge in [0.15, 0.2) is 0 Å². The molecule has 4 heteroatoms. The Morgan fingerprint density at radius 2 is 2.00 bits per heavy atom. The first-order chi connectivity index (χ1) is 6.61. The normalized spacial score (nSPS) is 9.64. The van der Waals surface area contributed by atoms with Crippen molar-refractivity contribution >= 4 is 11.7 Å². The molecule has 1 aromatic carbocycles. The van der Waals surface area contributed by atoms with E-state index in [-0.39, 0.29) is 5.69 Å². The number of carbonyl (C=O) groups excluding carboxylic acids is 1. The van der Waals surface area contributed by atoms with E-state index >= 15 is 0 Å². The molecule has 0 atom stereocenters. The lowest BCUT2D eigenvalue weighted by Crippen LogP contribution is -2.06. The molecule has 0 fully saturated rings. The molecule has 1 rings (SSSR count). The molecule has 0 saturated carbocycles. The van der Waals surface area contributed by atoms with Crippen LogP contribution in [0.2, 0.25) is 0 Å².